The van der Waals surface area contributed by atoms with E-state index in [1.807, 2.05) is 13.8 Å². The zero-order valence-electron chi connectivity index (χ0n) is 11.2. The standard InChI is InChI=1S/C12H16N4O3S/c1-9(2)16-6-12(3-11(16)7-17)20(18,19)15-10-4-13-8-14-5-10/h3-6,8-9,15,17H,7H2,1-2H3. The minimum atomic E-state index is -3.72. The minimum absolute atomic E-state index is 0.0566. The van der Waals surface area contributed by atoms with Crippen LogP contribution < -0.4 is 4.72 Å². The van der Waals surface area contributed by atoms with Crippen LogP contribution in [-0.4, -0.2) is 28.1 Å². The van der Waals surface area contributed by atoms with Crippen molar-refractivity contribution in [1.82, 2.24) is 14.5 Å². The molecule has 7 nitrogen and oxygen atoms in total. The molecule has 0 fully saturated rings. The van der Waals surface area contributed by atoms with Gasteiger partial charge in [-0.1, -0.05) is 0 Å². The van der Waals surface area contributed by atoms with Gasteiger partial charge in [-0.05, 0) is 19.9 Å². The normalized spacial score (nSPS) is 11.8. The molecule has 0 saturated heterocycles. The number of rotatable bonds is 5. The van der Waals surface area contributed by atoms with E-state index in [0.717, 1.165) is 0 Å². The fourth-order valence-electron chi connectivity index (χ4n) is 1.82. The van der Waals surface area contributed by atoms with Crippen molar-refractivity contribution < 1.29 is 13.5 Å². The van der Waals surface area contributed by atoms with E-state index in [2.05, 4.69) is 14.7 Å². The van der Waals surface area contributed by atoms with E-state index in [-0.39, 0.29) is 23.2 Å². The lowest BCUT2D eigenvalue weighted by Crippen LogP contribution is -2.12. The predicted molar refractivity (Wildman–Crippen MR) is 73.6 cm³/mol. The van der Waals surface area contributed by atoms with Crippen LogP contribution in [0.1, 0.15) is 25.6 Å². The highest BCUT2D eigenvalue weighted by Crippen LogP contribution is 2.21. The van der Waals surface area contributed by atoms with Crippen molar-refractivity contribution >= 4 is 15.7 Å². The summed E-state index contributed by atoms with van der Waals surface area (Å²) in [6.45, 7) is 3.60. The Kier molecular flexibility index (Phi) is 4.05. The molecule has 0 amide bonds. The highest BCUT2D eigenvalue weighted by molar-refractivity contribution is 7.92. The maximum Gasteiger partial charge on any atom is 0.263 e. The number of sulfonamides is 1. The summed E-state index contributed by atoms with van der Waals surface area (Å²) in [5.74, 6) is 0. The minimum Gasteiger partial charge on any atom is -0.390 e. The number of hydrogen-bond donors (Lipinski definition) is 2. The molecule has 0 radical (unpaired) electrons. The van der Waals surface area contributed by atoms with Gasteiger partial charge in [0, 0.05) is 17.9 Å². The van der Waals surface area contributed by atoms with Gasteiger partial charge in [0.25, 0.3) is 10.0 Å². The Morgan fingerprint density at radius 3 is 2.50 bits per heavy atom. The lowest BCUT2D eigenvalue weighted by atomic mass is 10.3. The molecule has 0 spiro atoms. The molecule has 0 aliphatic carbocycles. The molecule has 0 unspecified atom stereocenters. The van der Waals surface area contributed by atoms with Crippen LogP contribution in [0.5, 0.6) is 0 Å². The summed E-state index contributed by atoms with van der Waals surface area (Å²) < 4.78 is 28.6. The van der Waals surface area contributed by atoms with Crippen LogP contribution in [0.15, 0.2) is 35.9 Å². The smallest absolute Gasteiger partial charge is 0.263 e. The third-order valence-corrected chi connectivity index (χ3v) is 4.10. The van der Waals surface area contributed by atoms with Crippen LogP contribution in [0.3, 0.4) is 0 Å². The van der Waals surface area contributed by atoms with Crippen molar-refractivity contribution in [3.05, 3.63) is 36.7 Å². The van der Waals surface area contributed by atoms with Crippen LogP contribution in [0.4, 0.5) is 5.69 Å². The topological polar surface area (TPSA) is 97.1 Å². The molecule has 2 N–H and O–H groups in total. The summed E-state index contributed by atoms with van der Waals surface area (Å²) in [6, 6.07) is 1.51. The van der Waals surface area contributed by atoms with Gasteiger partial charge in [-0.3, -0.25) is 4.72 Å². The number of nitrogens with zero attached hydrogens (tertiary/aromatic N) is 3. The SMILES string of the molecule is CC(C)n1cc(S(=O)(=O)Nc2cncnc2)cc1CO. The maximum absolute atomic E-state index is 12.2. The lowest BCUT2D eigenvalue weighted by molar-refractivity contribution is 0.268. The van der Waals surface area contributed by atoms with E-state index in [9.17, 15) is 13.5 Å². The lowest BCUT2D eigenvalue weighted by Gasteiger charge is -2.10. The Morgan fingerprint density at radius 2 is 2.00 bits per heavy atom. The number of aromatic nitrogens is 3. The molecule has 0 aromatic carbocycles. The van der Waals surface area contributed by atoms with Gasteiger partial charge in [0.1, 0.15) is 11.2 Å². The van der Waals surface area contributed by atoms with Crippen molar-refractivity contribution in [2.45, 2.75) is 31.4 Å². The fraction of sp³-hybridized carbons (Fsp3) is 0.333. The second-order valence-corrected chi connectivity index (χ2v) is 6.24. The van der Waals surface area contributed by atoms with Gasteiger partial charge in [-0.25, -0.2) is 18.4 Å². The molecule has 0 aliphatic heterocycles. The quantitative estimate of drug-likeness (QED) is 0.862. The molecule has 108 valence electrons. The largest absolute Gasteiger partial charge is 0.390 e. The first-order chi connectivity index (χ1) is 9.44. The zero-order valence-corrected chi connectivity index (χ0v) is 12.0. The average Bonchev–Trinajstić information content (AvgIpc) is 2.84. The van der Waals surface area contributed by atoms with Gasteiger partial charge in [0.05, 0.1) is 24.7 Å². The van der Waals surface area contributed by atoms with Gasteiger partial charge in [0.15, 0.2) is 0 Å². The third kappa shape index (κ3) is 2.97. The molecule has 0 bridgehead atoms. The Balaban J connectivity index is 2.35. The number of anilines is 1. The number of hydrogen-bond acceptors (Lipinski definition) is 5. The van der Waals surface area contributed by atoms with Crippen LogP contribution in [0.25, 0.3) is 0 Å². The average molecular weight is 296 g/mol. The van der Waals surface area contributed by atoms with Crippen molar-refractivity contribution in [3.63, 3.8) is 0 Å². The second-order valence-electron chi connectivity index (χ2n) is 4.56. The van der Waals surface area contributed by atoms with Gasteiger partial charge in [-0.2, -0.15) is 0 Å². The highest BCUT2D eigenvalue weighted by atomic mass is 32.2. The molecular weight excluding hydrogens is 280 g/mol. The zero-order chi connectivity index (χ0) is 14.8. The second kappa shape index (κ2) is 5.59. The summed E-state index contributed by atoms with van der Waals surface area (Å²) in [6.07, 6.45) is 5.56. The monoisotopic (exact) mass is 296 g/mol. The van der Waals surface area contributed by atoms with E-state index in [1.54, 1.807) is 4.57 Å². The molecular formula is C12H16N4O3S. The molecule has 2 aromatic rings. The van der Waals surface area contributed by atoms with Gasteiger partial charge < -0.3 is 9.67 Å². The third-order valence-electron chi connectivity index (χ3n) is 2.75. The molecule has 0 saturated carbocycles. The van der Waals surface area contributed by atoms with E-state index in [4.69, 9.17) is 0 Å². The molecule has 0 aliphatic rings. The summed E-state index contributed by atoms with van der Waals surface area (Å²) in [4.78, 5) is 7.59. The predicted octanol–water partition coefficient (Wildman–Crippen LogP) is 1.15. The maximum atomic E-state index is 12.2. The van der Waals surface area contributed by atoms with Gasteiger partial charge >= 0.3 is 0 Å². The van der Waals surface area contributed by atoms with Crippen LogP contribution >= 0.6 is 0 Å². The summed E-state index contributed by atoms with van der Waals surface area (Å²) in [7, 11) is -3.72. The van der Waals surface area contributed by atoms with E-state index in [1.165, 1.54) is 31.0 Å². The summed E-state index contributed by atoms with van der Waals surface area (Å²) in [5, 5.41) is 9.28. The number of aliphatic hydroxyl groups is 1. The first kappa shape index (κ1) is 14.5. The van der Waals surface area contributed by atoms with Crippen molar-refractivity contribution in [2.24, 2.45) is 0 Å². The first-order valence-corrected chi connectivity index (χ1v) is 7.52. The molecule has 8 heteroatoms. The van der Waals surface area contributed by atoms with Crippen LogP contribution in [0, 0.1) is 0 Å². The molecule has 20 heavy (non-hydrogen) atoms. The Morgan fingerprint density at radius 1 is 1.35 bits per heavy atom. The molecule has 2 rings (SSSR count). The number of aliphatic hydroxyl groups excluding tert-OH is 1. The van der Waals surface area contributed by atoms with E-state index >= 15 is 0 Å². The summed E-state index contributed by atoms with van der Waals surface area (Å²) in [5.41, 5.74) is 0.833. The Labute approximate surface area is 117 Å². The van der Waals surface area contributed by atoms with Gasteiger partial charge in [-0.15, -0.1) is 0 Å². The van der Waals surface area contributed by atoms with Gasteiger partial charge in [0.2, 0.25) is 0 Å². The van der Waals surface area contributed by atoms with E-state index < -0.39 is 10.0 Å². The van der Waals surface area contributed by atoms with Crippen molar-refractivity contribution in [1.29, 1.82) is 0 Å². The highest BCUT2D eigenvalue weighted by Gasteiger charge is 2.19. The summed E-state index contributed by atoms with van der Waals surface area (Å²) >= 11 is 0. The van der Waals surface area contributed by atoms with Crippen molar-refractivity contribution in [2.75, 3.05) is 4.72 Å². The van der Waals surface area contributed by atoms with E-state index in [0.29, 0.717) is 5.69 Å². The first-order valence-electron chi connectivity index (χ1n) is 6.03. The Hall–Kier alpha value is -1.93. The molecule has 2 aromatic heterocycles. The number of nitrogens with one attached hydrogen (secondary N) is 1. The fourth-order valence-corrected chi connectivity index (χ4v) is 2.89. The molecule has 0 atom stereocenters. The van der Waals surface area contributed by atoms with Crippen molar-refractivity contribution in [3.8, 4) is 0 Å². The molecule has 2 heterocycles. The van der Waals surface area contributed by atoms with Crippen LogP contribution in [-0.2, 0) is 16.6 Å². The Bertz CT molecular complexity index is 680. The van der Waals surface area contributed by atoms with Crippen LogP contribution in [0.2, 0.25) is 0 Å².